The first-order valence-corrected chi connectivity index (χ1v) is 7.06. The van der Waals surface area contributed by atoms with Crippen molar-refractivity contribution in [1.82, 2.24) is 9.71 Å². The van der Waals surface area contributed by atoms with Gasteiger partial charge in [0.2, 0.25) is 10.0 Å². The van der Waals surface area contributed by atoms with Gasteiger partial charge in [-0.2, -0.15) is 13.2 Å². The van der Waals surface area contributed by atoms with Gasteiger partial charge in [0.05, 0.1) is 10.5 Å². The Morgan fingerprint density at radius 2 is 1.85 bits per heavy atom. The summed E-state index contributed by atoms with van der Waals surface area (Å²) in [6, 6.07) is 5.69. The minimum Gasteiger partial charge on any atom is -0.367 e. The molecule has 0 bridgehead atoms. The summed E-state index contributed by atoms with van der Waals surface area (Å²) in [4.78, 5) is 1.95. The van der Waals surface area contributed by atoms with Gasteiger partial charge in [-0.05, 0) is 23.8 Å². The van der Waals surface area contributed by atoms with Crippen molar-refractivity contribution in [2.45, 2.75) is 17.6 Å². The van der Waals surface area contributed by atoms with Gasteiger partial charge >= 0.3 is 6.18 Å². The van der Waals surface area contributed by atoms with Crippen molar-refractivity contribution in [2.24, 2.45) is 0 Å². The first-order valence-electron chi connectivity index (χ1n) is 5.58. The van der Waals surface area contributed by atoms with Gasteiger partial charge in [0, 0.05) is 18.9 Å². The highest BCUT2D eigenvalue weighted by atomic mass is 32.2. The summed E-state index contributed by atoms with van der Waals surface area (Å²) in [6.07, 6.45) is -1.58. The van der Waals surface area contributed by atoms with Crippen molar-refractivity contribution in [2.75, 3.05) is 0 Å². The lowest BCUT2D eigenvalue weighted by atomic mass is 10.2. The molecule has 1 heterocycles. The second-order valence-corrected chi connectivity index (χ2v) is 5.77. The van der Waals surface area contributed by atoms with Gasteiger partial charge in [-0.25, -0.2) is 13.1 Å². The number of hydrogen-bond donors (Lipinski definition) is 2. The number of H-pyrrole nitrogens is 1. The van der Waals surface area contributed by atoms with Gasteiger partial charge in [-0.15, -0.1) is 0 Å². The second kappa shape index (κ2) is 5.29. The number of hydrogen-bond acceptors (Lipinski definition) is 2. The van der Waals surface area contributed by atoms with Crippen LogP contribution in [0.15, 0.2) is 47.6 Å². The maximum absolute atomic E-state index is 12.8. The molecule has 0 unspecified atom stereocenters. The molecular weight excluding hydrogens is 293 g/mol. The summed E-state index contributed by atoms with van der Waals surface area (Å²) in [6.45, 7) is -0.0853. The van der Waals surface area contributed by atoms with E-state index in [1.165, 1.54) is 6.07 Å². The van der Waals surface area contributed by atoms with Gasteiger partial charge in [-0.1, -0.05) is 12.1 Å². The first-order chi connectivity index (χ1) is 9.31. The fourth-order valence-electron chi connectivity index (χ4n) is 1.66. The van der Waals surface area contributed by atoms with E-state index in [1.807, 2.05) is 0 Å². The molecule has 0 saturated carbocycles. The Bertz CT molecular complexity index is 679. The highest BCUT2D eigenvalue weighted by molar-refractivity contribution is 7.89. The fraction of sp³-hybridized carbons (Fsp3) is 0.167. The van der Waals surface area contributed by atoms with Crippen LogP contribution in [0.1, 0.15) is 11.1 Å². The van der Waals surface area contributed by atoms with Gasteiger partial charge in [-0.3, -0.25) is 0 Å². The number of nitrogens with one attached hydrogen (secondary N) is 2. The van der Waals surface area contributed by atoms with Crippen LogP contribution in [0.25, 0.3) is 0 Å². The van der Waals surface area contributed by atoms with Crippen molar-refractivity contribution in [3.63, 3.8) is 0 Å². The molecule has 1 aromatic carbocycles. The molecule has 108 valence electrons. The Hall–Kier alpha value is -1.80. The third kappa shape index (κ3) is 3.20. The van der Waals surface area contributed by atoms with E-state index in [2.05, 4.69) is 9.71 Å². The molecule has 0 atom stereocenters. The highest BCUT2D eigenvalue weighted by Gasteiger charge is 2.36. The van der Waals surface area contributed by atoms with Crippen LogP contribution in [0.4, 0.5) is 13.2 Å². The van der Waals surface area contributed by atoms with Crippen LogP contribution in [0.5, 0.6) is 0 Å². The summed E-state index contributed by atoms with van der Waals surface area (Å²) in [5, 5.41) is 0. The lowest BCUT2D eigenvalue weighted by Gasteiger charge is -2.13. The van der Waals surface area contributed by atoms with Crippen LogP contribution in [0.3, 0.4) is 0 Å². The molecule has 4 nitrogen and oxygen atoms in total. The lowest BCUT2D eigenvalue weighted by molar-refractivity contribution is -0.139. The van der Waals surface area contributed by atoms with Crippen LogP contribution in [-0.4, -0.2) is 13.4 Å². The number of rotatable bonds is 4. The zero-order valence-corrected chi connectivity index (χ0v) is 10.9. The van der Waals surface area contributed by atoms with E-state index >= 15 is 0 Å². The van der Waals surface area contributed by atoms with Gasteiger partial charge in [0.1, 0.15) is 0 Å². The smallest absolute Gasteiger partial charge is 0.367 e. The van der Waals surface area contributed by atoms with E-state index in [-0.39, 0.29) is 6.54 Å². The molecule has 2 N–H and O–H groups in total. The standard InChI is InChI=1S/C12H11F3N2O2S/c13-12(14,15)10-3-1-2-4-11(10)20(18,19)17-8-9-5-6-16-7-9/h1-7,16-17H,8H2. The summed E-state index contributed by atoms with van der Waals surface area (Å²) >= 11 is 0. The van der Waals surface area contributed by atoms with Gasteiger partial charge in [0.25, 0.3) is 0 Å². The second-order valence-electron chi connectivity index (χ2n) is 4.04. The number of aromatic amines is 1. The van der Waals surface area contributed by atoms with Gasteiger partial charge < -0.3 is 4.98 Å². The largest absolute Gasteiger partial charge is 0.417 e. The fourth-order valence-corrected chi connectivity index (χ4v) is 2.90. The number of aromatic nitrogens is 1. The highest BCUT2D eigenvalue weighted by Crippen LogP contribution is 2.33. The van der Waals surface area contributed by atoms with E-state index in [1.54, 1.807) is 18.5 Å². The molecule has 0 radical (unpaired) electrons. The van der Waals surface area contributed by atoms with E-state index in [0.29, 0.717) is 5.56 Å². The van der Waals surface area contributed by atoms with Crippen molar-refractivity contribution >= 4 is 10.0 Å². The molecule has 0 amide bonds. The molecule has 0 aliphatic rings. The van der Waals surface area contributed by atoms with Crippen LogP contribution in [0.2, 0.25) is 0 Å². The molecule has 8 heteroatoms. The number of alkyl halides is 3. The number of halogens is 3. The Morgan fingerprint density at radius 3 is 2.45 bits per heavy atom. The average molecular weight is 304 g/mol. The molecule has 1 aromatic heterocycles. The maximum Gasteiger partial charge on any atom is 0.417 e. The van der Waals surface area contributed by atoms with Crippen molar-refractivity contribution in [3.8, 4) is 0 Å². The summed E-state index contributed by atoms with van der Waals surface area (Å²) in [5.74, 6) is 0. The zero-order valence-electron chi connectivity index (χ0n) is 10.1. The molecule has 2 rings (SSSR count). The molecular formula is C12H11F3N2O2S. The predicted octanol–water partition coefficient (Wildman–Crippen LogP) is 2.51. The Kier molecular flexibility index (Phi) is 3.87. The van der Waals surface area contributed by atoms with Crippen molar-refractivity contribution in [1.29, 1.82) is 0 Å². The summed E-state index contributed by atoms with van der Waals surface area (Å²) in [5.41, 5.74) is -0.556. The minimum absolute atomic E-state index is 0.0853. The molecule has 0 aliphatic heterocycles. The van der Waals surface area contributed by atoms with Crippen molar-refractivity contribution in [3.05, 3.63) is 53.9 Å². The quantitative estimate of drug-likeness (QED) is 0.911. The van der Waals surface area contributed by atoms with Crippen LogP contribution in [-0.2, 0) is 22.7 Å². The van der Waals surface area contributed by atoms with Crippen LogP contribution < -0.4 is 4.72 Å². The van der Waals surface area contributed by atoms with Gasteiger partial charge in [0.15, 0.2) is 0 Å². The Morgan fingerprint density at radius 1 is 1.15 bits per heavy atom. The molecule has 0 fully saturated rings. The Balaban J connectivity index is 2.30. The molecule has 0 saturated heterocycles. The number of sulfonamides is 1. The molecule has 20 heavy (non-hydrogen) atoms. The van der Waals surface area contributed by atoms with E-state index in [0.717, 1.165) is 18.2 Å². The van der Waals surface area contributed by atoms with Crippen LogP contribution >= 0.6 is 0 Å². The minimum atomic E-state index is -4.72. The van der Waals surface area contributed by atoms with E-state index in [4.69, 9.17) is 0 Å². The zero-order chi connectivity index (χ0) is 14.8. The maximum atomic E-state index is 12.8. The van der Waals surface area contributed by atoms with E-state index in [9.17, 15) is 21.6 Å². The Labute approximate surface area is 113 Å². The normalized spacial score (nSPS) is 12.6. The summed E-state index contributed by atoms with van der Waals surface area (Å²) < 4.78 is 64.5. The molecule has 0 spiro atoms. The molecule has 2 aromatic rings. The predicted molar refractivity (Wildman–Crippen MR) is 66.3 cm³/mol. The van der Waals surface area contributed by atoms with Crippen molar-refractivity contribution < 1.29 is 21.6 Å². The SMILES string of the molecule is O=S(=O)(NCc1cc[nH]c1)c1ccccc1C(F)(F)F. The topological polar surface area (TPSA) is 62.0 Å². The number of benzene rings is 1. The lowest BCUT2D eigenvalue weighted by Crippen LogP contribution is -2.25. The average Bonchev–Trinajstić information content (AvgIpc) is 2.89. The first kappa shape index (κ1) is 14.6. The van der Waals surface area contributed by atoms with E-state index < -0.39 is 26.7 Å². The monoisotopic (exact) mass is 304 g/mol. The van der Waals surface area contributed by atoms with Crippen LogP contribution in [0, 0.1) is 0 Å². The molecule has 0 aliphatic carbocycles. The third-order valence-corrected chi connectivity index (χ3v) is 4.07. The summed E-state index contributed by atoms with van der Waals surface area (Å²) in [7, 11) is -4.23. The third-order valence-electron chi connectivity index (χ3n) is 2.61.